The average Bonchev–Trinajstić information content (AvgIpc) is 2.77. The summed E-state index contributed by atoms with van der Waals surface area (Å²) in [6.45, 7) is 2.41. The Balaban J connectivity index is 1.96. The number of hydrogen-bond donors (Lipinski definition) is 0. The largest absolute Gasteiger partial charge is 0.341 e. The van der Waals surface area contributed by atoms with Gasteiger partial charge in [-0.05, 0) is 32.1 Å². The normalized spacial score (nSPS) is 26.8. The Labute approximate surface area is 90.2 Å². The molecule has 2 fully saturated rings. The van der Waals surface area contributed by atoms with Crippen LogP contribution in [-0.4, -0.2) is 47.8 Å². The van der Waals surface area contributed by atoms with Gasteiger partial charge in [-0.3, -0.25) is 9.59 Å². The minimum atomic E-state index is -0.222. The third kappa shape index (κ3) is 2.13. The van der Waals surface area contributed by atoms with Crippen LogP contribution in [0.3, 0.4) is 0 Å². The number of likely N-dealkylation sites (tertiary alicyclic amines) is 2. The molecule has 0 aromatic rings. The van der Waals surface area contributed by atoms with Gasteiger partial charge >= 0.3 is 6.41 Å². The predicted octanol–water partition coefficient (Wildman–Crippen LogP) is 0.530. The zero-order valence-corrected chi connectivity index (χ0v) is 8.95. The van der Waals surface area contributed by atoms with Crippen molar-refractivity contribution in [3.8, 4) is 0 Å². The fourth-order valence-corrected chi connectivity index (χ4v) is 2.46. The lowest BCUT2D eigenvalue weighted by molar-refractivity contribution is -0.135. The fraction of sp³-hybridized carbons (Fsp3) is 0.818. The Kier molecular flexibility index (Phi) is 3.23. The molecule has 0 saturated carbocycles. The molecule has 2 aliphatic rings. The van der Waals surface area contributed by atoms with Gasteiger partial charge in [0.25, 0.3) is 0 Å². The van der Waals surface area contributed by atoms with Crippen molar-refractivity contribution in [1.29, 1.82) is 0 Å². The molecule has 0 aromatic heterocycles. The van der Waals surface area contributed by atoms with Crippen molar-refractivity contribution >= 4 is 12.3 Å². The maximum Gasteiger partial charge on any atom is 0.312 e. The molecule has 15 heavy (non-hydrogen) atoms. The van der Waals surface area contributed by atoms with Crippen LogP contribution in [0.2, 0.25) is 0 Å². The second kappa shape index (κ2) is 4.64. The van der Waals surface area contributed by atoms with Crippen molar-refractivity contribution in [3.05, 3.63) is 0 Å². The Bertz CT molecular complexity index is 249. The van der Waals surface area contributed by atoms with Crippen molar-refractivity contribution in [2.75, 3.05) is 19.6 Å². The van der Waals surface area contributed by atoms with Crippen LogP contribution in [-0.2, 0) is 9.59 Å². The number of rotatable bonds is 2. The van der Waals surface area contributed by atoms with E-state index < -0.39 is 0 Å². The highest BCUT2D eigenvalue weighted by molar-refractivity contribution is 5.84. The van der Waals surface area contributed by atoms with Crippen LogP contribution >= 0.6 is 0 Å². The molecule has 2 rings (SSSR count). The molecule has 1 unspecified atom stereocenters. The van der Waals surface area contributed by atoms with Gasteiger partial charge in [-0.25, -0.2) is 0 Å². The molecule has 0 bridgehead atoms. The summed E-state index contributed by atoms with van der Waals surface area (Å²) in [6.07, 6.45) is 7.03. The van der Waals surface area contributed by atoms with Crippen LogP contribution < -0.4 is 0 Å². The first-order valence-electron chi connectivity index (χ1n) is 5.76. The minimum Gasteiger partial charge on any atom is -0.341 e. The molecule has 83 valence electrons. The number of nitrogens with zero attached hydrogens (tertiary/aromatic N) is 2. The lowest BCUT2D eigenvalue weighted by Crippen LogP contribution is -2.47. The van der Waals surface area contributed by atoms with Gasteiger partial charge < -0.3 is 9.80 Å². The molecule has 0 aromatic carbocycles. The molecule has 4 heteroatoms. The van der Waals surface area contributed by atoms with Crippen molar-refractivity contribution in [2.45, 2.75) is 38.1 Å². The van der Waals surface area contributed by atoms with Crippen LogP contribution in [0, 0.1) is 0 Å². The van der Waals surface area contributed by atoms with E-state index in [9.17, 15) is 9.59 Å². The van der Waals surface area contributed by atoms with E-state index in [0.717, 1.165) is 38.8 Å². The zero-order chi connectivity index (χ0) is 10.7. The van der Waals surface area contributed by atoms with Crippen LogP contribution in [0.25, 0.3) is 0 Å². The third-order valence-electron chi connectivity index (χ3n) is 3.32. The van der Waals surface area contributed by atoms with Crippen molar-refractivity contribution in [3.63, 3.8) is 0 Å². The lowest BCUT2D eigenvalue weighted by Gasteiger charge is -2.30. The van der Waals surface area contributed by atoms with E-state index in [4.69, 9.17) is 0 Å². The Hall–Kier alpha value is -1.06. The Morgan fingerprint density at radius 2 is 1.80 bits per heavy atom. The molecule has 2 heterocycles. The monoisotopic (exact) mass is 209 g/mol. The maximum atomic E-state index is 12.1. The van der Waals surface area contributed by atoms with Gasteiger partial charge in [-0.1, -0.05) is 0 Å². The summed E-state index contributed by atoms with van der Waals surface area (Å²) in [4.78, 5) is 26.1. The van der Waals surface area contributed by atoms with Crippen LogP contribution in [0.5, 0.6) is 0 Å². The highest BCUT2D eigenvalue weighted by Crippen LogP contribution is 2.19. The predicted molar refractivity (Wildman–Crippen MR) is 55.9 cm³/mol. The van der Waals surface area contributed by atoms with Gasteiger partial charge in [0.15, 0.2) is 0 Å². The van der Waals surface area contributed by atoms with Crippen LogP contribution in [0.4, 0.5) is 0 Å². The van der Waals surface area contributed by atoms with E-state index in [1.807, 2.05) is 11.3 Å². The fourth-order valence-electron chi connectivity index (χ4n) is 2.46. The SMILES string of the molecule is O=[C]N1CCCC1C(=O)N1CCCCC1. The third-order valence-corrected chi connectivity index (χ3v) is 3.32. The summed E-state index contributed by atoms with van der Waals surface area (Å²) in [5, 5.41) is 0. The summed E-state index contributed by atoms with van der Waals surface area (Å²) in [5.74, 6) is 0.135. The summed E-state index contributed by atoms with van der Waals surface area (Å²) >= 11 is 0. The standard InChI is InChI=1S/C11H17N2O2/c14-9-13-8-4-5-10(13)11(15)12-6-2-1-3-7-12/h10H,1-8H2. The van der Waals surface area contributed by atoms with Gasteiger partial charge in [0.1, 0.15) is 6.04 Å². The molecule has 1 atom stereocenters. The Morgan fingerprint density at radius 3 is 2.47 bits per heavy atom. The molecule has 4 nitrogen and oxygen atoms in total. The molecular weight excluding hydrogens is 192 g/mol. The topological polar surface area (TPSA) is 40.6 Å². The minimum absolute atomic E-state index is 0.135. The van der Waals surface area contributed by atoms with E-state index >= 15 is 0 Å². The highest BCUT2D eigenvalue weighted by Gasteiger charge is 2.33. The highest BCUT2D eigenvalue weighted by atomic mass is 16.2. The molecule has 2 amide bonds. The number of amides is 2. The molecule has 1 radical (unpaired) electrons. The number of carbonyl (C=O) groups excluding carboxylic acids is 2. The van der Waals surface area contributed by atoms with Crippen molar-refractivity contribution in [1.82, 2.24) is 9.80 Å². The van der Waals surface area contributed by atoms with Gasteiger partial charge in [0.2, 0.25) is 5.91 Å². The van der Waals surface area contributed by atoms with Gasteiger partial charge in [0, 0.05) is 19.6 Å². The number of carbonyl (C=O) groups is 1. The molecule has 0 spiro atoms. The second-order valence-corrected chi connectivity index (χ2v) is 4.33. The van der Waals surface area contributed by atoms with Crippen molar-refractivity contribution < 1.29 is 9.59 Å². The number of hydrogen-bond acceptors (Lipinski definition) is 2. The Morgan fingerprint density at radius 1 is 1.07 bits per heavy atom. The van der Waals surface area contributed by atoms with Crippen LogP contribution in [0.15, 0.2) is 0 Å². The quantitative estimate of drug-likeness (QED) is 0.665. The molecule has 2 aliphatic heterocycles. The van der Waals surface area contributed by atoms with Crippen molar-refractivity contribution in [2.24, 2.45) is 0 Å². The summed E-state index contributed by atoms with van der Waals surface area (Å²) in [7, 11) is 0. The average molecular weight is 209 g/mol. The summed E-state index contributed by atoms with van der Waals surface area (Å²) in [6, 6.07) is -0.222. The second-order valence-electron chi connectivity index (χ2n) is 4.33. The van der Waals surface area contributed by atoms with E-state index in [-0.39, 0.29) is 11.9 Å². The number of piperidine rings is 1. The summed E-state index contributed by atoms with van der Waals surface area (Å²) in [5.41, 5.74) is 0. The van der Waals surface area contributed by atoms with E-state index in [1.54, 1.807) is 0 Å². The zero-order valence-electron chi connectivity index (χ0n) is 8.95. The van der Waals surface area contributed by atoms with E-state index in [1.165, 1.54) is 11.3 Å². The van der Waals surface area contributed by atoms with Gasteiger partial charge in [0.05, 0.1) is 0 Å². The smallest absolute Gasteiger partial charge is 0.312 e. The lowest BCUT2D eigenvalue weighted by atomic mass is 10.1. The molecular formula is C11H17N2O2. The summed E-state index contributed by atoms with van der Waals surface area (Å²) < 4.78 is 0. The first-order chi connectivity index (χ1) is 7.33. The van der Waals surface area contributed by atoms with E-state index in [0.29, 0.717) is 6.54 Å². The first kappa shape index (κ1) is 10.5. The van der Waals surface area contributed by atoms with E-state index in [2.05, 4.69) is 0 Å². The first-order valence-corrected chi connectivity index (χ1v) is 5.76. The van der Waals surface area contributed by atoms with Gasteiger partial charge in [-0.15, -0.1) is 0 Å². The molecule has 2 saturated heterocycles. The molecule has 0 N–H and O–H groups in total. The maximum absolute atomic E-state index is 12.1. The molecule has 0 aliphatic carbocycles. The van der Waals surface area contributed by atoms with Gasteiger partial charge in [-0.2, -0.15) is 0 Å². The van der Waals surface area contributed by atoms with Crippen LogP contribution in [0.1, 0.15) is 32.1 Å².